The van der Waals surface area contributed by atoms with E-state index in [0.717, 1.165) is 24.8 Å². The van der Waals surface area contributed by atoms with Gasteiger partial charge in [0.15, 0.2) is 0 Å². The second-order valence-corrected chi connectivity index (χ2v) is 7.89. The predicted octanol–water partition coefficient (Wildman–Crippen LogP) is 2.60. The molecule has 1 aliphatic carbocycles. The number of aliphatic hydroxyl groups is 1. The second-order valence-electron chi connectivity index (χ2n) is 7.89. The van der Waals surface area contributed by atoms with Gasteiger partial charge in [-0.15, -0.1) is 0 Å². The van der Waals surface area contributed by atoms with Crippen molar-refractivity contribution in [2.45, 2.75) is 37.3 Å². The maximum absolute atomic E-state index is 14.7. The molecule has 2 aromatic rings. The zero-order valence-electron chi connectivity index (χ0n) is 15.5. The first kappa shape index (κ1) is 18.6. The first-order valence-corrected chi connectivity index (χ1v) is 9.49. The van der Waals surface area contributed by atoms with Gasteiger partial charge in [0.05, 0.1) is 17.2 Å². The van der Waals surface area contributed by atoms with Crippen molar-refractivity contribution in [3.63, 3.8) is 0 Å². The van der Waals surface area contributed by atoms with Crippen molar-refractivity contribution in [2.75, 3.05) is 13.1 Å². The molecule has 4 rings (SSSR count). The third-order valence-electron chi connectivity index (χ3n) is 5.58. The highest BCUT2D eigenvalue weighted by atomic mass is 19.1. The van der Waals surface area contributed by atoms with Crippen molar-refractivity contribution in [1.82, 2.24) is 4.90 Å². The number of rotatable bonds is 4. The number of likely N-dealkylation sites (tertiary alicyclic amines) is 1. The van der Waals surface area contributed by atoms with Gasteiger partial charge in [0.2, 0.25) is 0 Å². The van der Waals surface area contributed by atoms with E-state index < -0.39 is 11.4 Å². The van der Waals surface area contributed by atoms with Gasteiger partial charge in [-0.05, 0) is 43.0 Å². The third kappa shape index (κ3) is 3.64. The largest absolute Gasteiger partial charge is 0.390 e. The lowest BCUT2D eigenvalue weighted by atomic mass is 9.95. The number of benzene rings is 2. The summed E-state index contributed by atoms with van der Waals surface area (Å²) < 4.78 is 14.7. The molecule has 0 aromatic heterocycles. The molecule has 1 aliphatic heterocycles. The summed E-state index contributed by atoms with van der Waals surface area (Å²) in [6.45, 7) is 1.11. The summed E-state index contributed by atoms with van der Waals surface area (Å²) in [6.07, 6.45) is 2.68. The Morgan fingerprint density at radius 3 is 2.64 bits per heavy atom. The number of nitrogens with two attached hydrogens (primary N) is 1. The van der Waals surface area contributed by atoms with E-state index in [2.05, 4.69) is 6.07 Å². The zero-order valence-corrected chi connectivity index (χ0v) is 15.5. The topological polar surface area (TPSA) is 90.4 Å². The molecule has 1 heterocycles. The molecule has 5 nitrogen and oxygen atoms in total. The summed E-state index contributed by atoms with van der Waals surface area (Å²) in [5.74, 6) is -0.604. The lowest BCUT2D eigenvalue weighted by Gasteiger charge is -2.16. The standard InChI is InChI=1S/C22H22FN3O2/c23-20-9-14(11-22(28)6-7-22)1-3-19(20)18-4-2-15(10-16(18)12-24)21(27)26-8-5-17(25)13-26/h1-4,9-10,17,28H,5-8,11,13,25H2/t17-/m0/s1. The Kier molecular flexibility index (Phi) is 4.66. The number of carbonyl (C=O) groups is 1. The zero-order chi connectivity index (χ0) is 19.9. The lowest BCUT2D eigenvalue weighted by Crippen LogP contribution is -2.31. The first-order chi connectivity index (χ1) is 13.4. The molecule has 2 fully saturated rings. The van der Waals surface area contributed by atoms with E-state index in [1.54, 1.807) is 29.2 Å². The van der Waals surface area contributed by atoms with Crippen molar-refractivity contribution in [1.29, 1.82) is 5.26 Å². The van der Waals surface area contributed by atoms with Gasteiger partial charge < -0.3 is 15.7 Å². The highest BCUT2D eigenvalue weighted by Gasteiger charge is 2.40. The van der Waals surface area contributed by atoms with Crippen LogP contribution in [0.1, 0.15) is 40.7 Å². The fourth-order valence-electron chi connectivity index (χ4n) is 3.75. The fraction of sp³-hybridized carbons (Fsp3) is 0.364. The molecule has 1 atom stereocenters. The van der Waals surface area contributed by atoms with Crippen LogP contribution in [0.25, 0.3) is 11.1 Å². The van der Waals surface area contributed by atoms with Crippen LogP contribution in [0.2, 0.25) is 0 Å². The van der Waals surface area contributed by atoms with Crippen LogP contribution < -0.4 is 5.73 Å². The summed E-state index contributed by atoms with van der Waals surface area (Å²) in [4.78, 5) is 14.3. The molecule has 2 aromatic carbocycles. The Morgan fingerprint density at radius 1 is 1.29 bits per heavy atom. The van der Waals surface area contributed by atoms with Crippen molar-refractivity contribution < 1.29 is 14.3 Å². The summed E-state index contributed by atoms with van der Waals surface area (Å²) in [6, 6.07) is 11.7. The second kappa shape index (κ2) is 7.01. The van der Waals surface area contributed by atoms with Crippen LogP contribution in [0.3, 0.4) is 0 Å². The van der Waals surface area contributed by atoms with Crippen LogP contribution in [0, 0.1) is 17.1 Å². The van der Waals surface area contributed by atoms with Gasteiger partial charge in [-0.25, -0.2) is 4.39 Å². The minimum atomic E-state index is -0.689. The molecule has 1 saturated carbocycles. The van der Waals surface area contributed by atoms with E-state index in [-0.39, 0.29) is 17.5 Å². The summed E-state index contributed by atoms with van der Waals surface area (Å²) in [5, 5.41) is 19.6. The number of carbonyl (C=O) groups excluding carboxylic acids is 1. The third-order valence-corrected chi connectivity index (χ3v) is 5.58. The number of amides is 1. The number of hydrogen-bond donors (Lipinski definition) is 2. The number of hydrogen-bond acceptors (Lipinski definition) is 4. The van der Waals surface area contributed by atoms with Gasteiger partial charge >= 0.3 is 0 Å². The molecule has 0 radical (unpaired) electrons. The van der Waals surface area contributed by atoms with Crippen LogP contribution in [0.15, 0.2) is 36.4 Å². The Balaban J connectivity index is 1.61. The molecule has 1 amide bonds. The SMILES string of the molecule is N#Cc1cc(C(=O)N2CC[C@H](N)C2)ccc1-c1ccc(CC2(O)CC2)cc1F. The van der Waals surface area contributed by atoms with Crippen LogP contribution in [0.5, 0.6) is 0 Å². The molecular weight excluding hydrogens is 357 g/mol. The molecule has 1 saturated heterocycles. The minimum absolute atomic E-state index is 0.0139. The van der Waals surface area contributed by atoms with E-state index in [9.17, 15) is 19.6 Å². The van der Waals surface area contributed by atoms with Gasteiger partial charge in [0, 0.05) is 42.2 Å². The predicted molar refractivity (Wildman–Crippen MR) is 103 cm³/mol. The summed E-state index contributed by atoms with van der Waals surface area (Å²) >= 11 is 0. The normalized spacial score (nSPS) is 20.1. The van der Waals surface area contributed by atoms with Gasteiger partial charge in [0.25, 0.3) is 5.91 Å². The first-order valence-electron chi connectivity index (χ1n) is 9.49. The van der Waals surface area contributed by atoms with Gasteiger partial charge in [-0.3, -0.25) is 4.79 Å². The number of halogens is 1. The van der Waals surface area contributed by atoms with Gasteiger partial charge in [0.1, 0.15) is 5.82 Å². The van der Waals surface area contributed by atoms with Crippen LogP contribution in [-0.2, 0) is 6.42 Å². The summed E-state index contributed by atoms with van der Waals surface area (Å²) in [7, 11) is 0. The highest BCUT2D eigenvalue weighted by molar-refractivity contribution is 5.95. The smallest absolute Gasteiger partial charge is 0.253 e. The van der Waals surface area contributed by atoms with Crippen molar-refractivity contribution >= 4 is 5.91 Å². The Labute approximate surface area is 163 Å². The molecule has 3 N–H and O–H groups in total. The number of nitriles is 1. The molecule has 144 valence electrons. The van der Waals surface area contributed by atoms with E-state index in [1.807, 2.05) is 0 Å². The molecular formula is C22H22FN3O2. The molecule has 6 heteroatoms. The van der Waals surface area contributed by atoms with Crippen LogP contribution in [-0.4, -0.2) is 40.6 Å². The lowest BCUT2D eigenvalue weighted by molar-refractivity contribution is 0.0791. The van der Waals surface area contributed by atoms with Crippen molar-refractivity contribution in [2.24, 2.45) is 5.73 Å². The van der Waals surface area contributed by atoms with Crippen LogP contribution in [0.4, 0.5) is 4.39 Å². The molecule has 0 bridgehead atoms. The maximum Gasteiger partial charge on any atom is 0.253 e. The average molecular weight is 379 g/mol. The van der Waals surface area contributed by atoms with Gasteiger partial charge in [-0.2, -0.15) is 5.26 Å². The van der Waals surface area contributed by atoms with Gasteiger partial charge in [-0.1, -0.05) is 18.2 Å². The Hall–Kier alpha value is -2.75. The quantitative estimate of drug-likeness (QED) is 0.854. The van der Waals surface area contributed by atoms with Crippen molar-refractivity contribution in [3.05, 3.63) is 58.9 Å². The van der Waals surface area contributed by atoms with Crippen LogP contribution >= 0.6 is 0 Å². The molecule has 0 unspecified atom stereocenters. The molecule has 2 aliphatic rings. The monoisotopic (exact) mass is 379 g/mol. The van der Waals surface area contributed by atoms with E-state index in [0.29, 0.717) is 36.2 Å². The molecule has 28 heavy (non-hydrogen) atoms. The summed E-state index contributed by atoms with van der Waals surface area (Å²) in [5.41, 5.74) is 7.33. The van der Waals surface area contributed by atoms with E-state index in [4.69, 9.17) is 5.73 Å². The Bertz CT molecular complexity index is 978. The molecule has 0 spiro atoms. The maximum atomic E-state index is 14.7. The van der Waals surface area contributed by atoms with E-state index >= 15 is 0 Å². The minimum Gasteiger partial charge on any atom is -0.390 e. The van der Waals surface area contributed by atoms with E-state index in [1.165, 1.54) is 12.1 Å². The van der Waals surface area contributed by atoms with Crippen molar-refractivity contribution in [3.8, 4) is 17.2 Å². The number of nitrogens with zero attached hydrogens (tertiary/aromatic N) is 2. The average Bonchev–Trinajstić information content (AvgIpc) is 3.24. The fourth-order valence-corrected chi connectivity index (χ4v) is 3.75. The highest BCUT2D eigenvalue weighted by Crippen LogP contribution is 2.39. The Morgan fingerprint density at radius 2 is 2.04 bits per heavy atom.